The third kappa shape index (κ3) is 2.57. The van der Waals surface area contributed by atoms with Gasteiger partial charge in [-0.1, -0.05) is 24.3 Å². The SMILES string of the molecule is Br.Cc1ccc(=O)n(-c2ccccc2)c1. The summed E-state index contributed by atoms with van der Waals surface area (Å²) in [6.07, 6.45) is 1.84. The first-order chi connectivity index (χ1) is 6.77. The van der Waals surface area contributed by atoms with Crippen molar-refractivity contribution in [3.63, 3.8) is 0 Å². The van der Waals surface area contributed by atoms with Crippen molar-refractivity contribution in [3.05, 3.63) is 64.6 Å². The van der Waals surface area contributed by atoms with E-state index in [1.165, 1.54) is 0 Å². The standard InChI is InChI=1S/C12H11NO.BrH/c1-10-7-8-12(14)13(9-10)11-5-3-2-4-6-11;/h2-9H,1H3;1H. The maximum absolute atomic E-state index is 11.5. The van der Waals surface area contributed by atoms with Gasteiger partial charge in [0.25, 0.3) is 5.56 Å². The first-order valence-corrected chi connectivity index (χ1v) is 4.52. The summed E-state index contributed by atoms with van der Waals surface area (Å²) in [5.74, 6) is 0. The third-order valence-corrected chi connectivity index (χ3v) is 2.09. The van der Waals surface area contributed by atoms with Gasteiger partial charge in [0.2, 0.25) is 0 Å². The topological polar surface area (TPSA) is 22.0 Å². The summed E-state index contributed by atoms with van der Waals surface area (Å²) < 4.78 is 1.65. The monoisotopic (exact) mass is 265 g/mol. The van der Waals surface area contributed by atoms with Crippen molar-refractivity contribution in [3.8, 4) is 5.69 Å². The number of halogens is 1. The number of benzene rings is 1. The van der Waals surface area contributed by atoms with E-state index in [1.54, 1.807) is 10.6 Å². The molecule has 0 unspecified atom stereocenters. The summed E-state index contributed by atoms with van der Waals surface area (Å²) in [6.45, 7) is 1.97. The third-order valence-electron chi connectivity index (χ3n) is 2.09. The van der Waals surface area contributed by atoms with Gasteiger partial charge in [-0.2, -0.15) is 0 Å². The van der Waals surface area contributed by atoms with Gasteiger partial charge in [0.05, 0.1) is 0 Å². The van der Waals surface area contributed by atoms with Crippen LogP contribution in [0.5, 0.6) is 0 Å². The number of pyridine rings is 1. The molecule has 15 heavy (non-hydrogen) atoms. The lowest BCUT2D eigenvalue weighted by Gasteiger charge is -2.05. The number of aryl methyl sites for hydroxylation is 1. The summed E-state index contributed by atoms with van der Waals surface area (Å²) in [5.41, 5.74) is 1.98. The molecule has 0 aliphatic carbocycles. The lowest BCUT2D eigenvalue weighted by atomic mass is 10.3. The molecule has 1 aromatic heterocycles. The second-order valence-electron chi connectivity index (χ2n) is 3.25. The Hall–Kier alpha value is -1.35. The largest absolute Gasteiger partial charge is 0.284 e. The van der Waals surface area contributed by atoms with Gasteiger partial charge in [-0.3, -0.25) is 9.36 Å². The summed E-state index contributed by atoms with van der Waals surface area (Å²) in [4.78, 5) is 11.5. The zero-order chi connectivity index (χ0) is 9.97. The van der Waals surface area contributed by atoms with Gasteiger partial charge in [0.1, 0.15) is 0 Å². The second-order valence-corrected chi connectivity index (χ2v) is 3.25. The first-order valence-electron chi connectivity index (χ1n) is 4.52. The van der Waals surface area contributed by atoms with Crippen LogP contribution in [0.15, 0.2) is 53.5 Å². The molecule has 0 aliphatic heterocycles. The number of para-hydroxylation sites is 1. The van der Waals surface area contributed by atoms with Gasteiger partial charge in [-0.25, -0.2) is 0 Å². The normalized spacial score (nSPS) is 9.40. The Morgan fingerprint density at radius 3 is 2.33 bits per heavy atom. The van der Waals surface area contributed by atoms with Gasteiger partial charge in [0.15, 0.2) is 0 Å². The van der Waals surface area contributed by atoms with Crippen LogP contribution in [-0.2, 0) is 0 Å². The maximum atomic E-state index is 11.5. The molecule has 0 bridgehead atoms. The van der Waals surface area contributed by atoms with Gasteiger partial charge >= 0.3 is 0 Å². The molecule has 0 saturated carbocycles. The van der Waals surface area contributed by atoms with E-state index < -0.39 is 0 Å². The minimum absolute atomic E-state index is 0. The van der Waals surface area contributed by atoms with Crippen molar-refractivity contribution < 1.29 is 0 Å². The fourth-order valence-electron chi connectivity index (χ4n) is 1.38. The van der Waals surface area contributed by atoms with E-state index >= 15 is 0 Å². The molecule has 2 rings (SSSR count). The number of hydrogen-bond donors (Lipinski definition) is 0. The summed E-state index contributed by atoms with van der Waals surface area (Å²) in [5, 5.41) is 0. The van der Waals surface area contributed by atoms with Crippen LogP contribution in [0.25, 0.3) is 5.69 Å². The highest BCUT2D eigenvalue weighted by atomic mass is 79.9. The molecular weight excluding hydrogens is 254 g/mol. The molecule has 2 nitrogen and oxygen atoms in total. The van der Waals surface area contributed by atoms with E-state index in [0.29, 0.717) is 0 Å². The molecular formula is C12H12BrNO. The van der Waals surface area contributed by atoms with E-state index in [1.807, 2.05) is 49.5 Å². The smallest absolute Gasteiger partial charge is 0.255 e. The van der Waals surface area contributed by atoms with Crippen LogP contribution in [0.1, 0.15) is 5.56 Å². The van der Waals surface area contributed by atoms with Crippen LogP contribution in [0.4, 0.5) is 0 Å². The van der Waals surface area contributed by atoms with Crippen LogP contribution in [0.2, 0.25) is 0 Å². The van der Waals surface area contributed by atoms with E-state index in [0.717, 1.165) is 11.3 Å². The minimum atomic E-state index is 0. The fourth-order valence-corrected chi connectivity index (χ4v) is 1.38. The molecule has 0 spiro atoms. The zero-order valence-corrected chi connectivity index (χ0v) is 10.1. The Labute approximate surface area is 99.0 Å². The van der Waals surface area contributed by atoms with Crippen molar-refractivity contribution in [2.24, 2.45) is 0 Å². The first kappa shape index (κ1) is 11.7. The van der Waals surface area contributed by atoms with Crippen LogP contribution in [-0.4, -0.2) is 4.57 Å². The number of nitrogens with zero attached hydrogens (tertiary/aromatic N) is 1. The Bertz CT molecular complexity index is 490. The van der Waals surface area contributed by atoms with Crippen molar-refractivity contribution in [2.45, 2.75) is 6.92 Å². The highest BCUT2D eigenvalue weighted by Crippen LogP contribution is 2.04. The molecule has 0 N–H and O–H groups in total. The number of rotatable bonds is 1. The molecule has 1 aromatic carbocycles. The van der Waals surface area contributed by atoms with E-state index in [-0.39, 0.29) is 22.5 Å². The van der Waals surface area contributed by atoms with Gasteiger partial charge in [-0.15, -0.1) is 17.0 Å². The molecule has 0 amide bonds. The van der Waals surface area contributed by atoms with Crippen molar-refractivity contribution in [1.29, 1.82) is 0 Å². The number of hydrogen-bond acceptors (Lipinski definition) is 1. The van der Waals surface area contributed by atoms with Crippen LogP contribution in [0.3, 0.4) is 0 Å². The fraction of sp³-hybridized carbons (Fsp3) is 0.0833. The predicted molar refractivity (Wildman–Crippen MR) is 67.1 cm³/mol. The van der Waals surface area contributed by atoms with Crippen LogP contribution in [0, 0.1) is 6.92 Å². The molecule has 0 aliphatic rings. The molecule has 0 saturated heterocycles. The molecule has 0 radical (unpaired) electrons. The Morgan fingerprint density at radius 2 is 1.67 bits per heavy atom. The molecule has 0 atom stereocenters. The van der Waals surface area contributed by atoms with Crippen molar-refractivity contribution >= 4 is 17.0 Å². The zero-order valence-electron chi connectivity index (χ0n) is 8.38. The van der Waals surface area contributed by atoms with Gasteiger partial charge in [0, 0.05) is 18.0 Å². The molecule has 3 heteroatoms. The lowest BCUT2D eigenvalue weighted by molar-refractivity contribution is 0.976. The van der Waals surface area contributed by atoms with Crippen molar-refractivity contribution in [2.75, 3.05) is 0 Å². The summed E-state index contributed by atoms with van der Waals surface area (Å²) >= 11 is 0. The molecule has 2 aromatic rings. The Kier molecular flexibility index (Phi) is 3.86. The lowest BCUT2D eigenvalue weighted by Crippen LogP contribution is -2.16. The summed E-state index contributed by atoms with van der Waals surface area (Å²) in [6, 6.07) is 13.0. The molecule has 78 valence electrons. The average molecular weight is 266 g/mol. The highest BCUT2D eigenvalue weighted by Gasteiger charge is 1.97. The van der Waals surface area contributed by atoms with E-state index in [2.05, 4.69) is 0 Å². The minimum Gasteiger partial charge on any atom is -0.284 e. The van der Waals surface area contributed by atoms with E-state index in [9.17, 15) is 4.79 Å². The second kappa shape index (κ2) is 4.94. The Balaban J connectivity index is 0.00000112. The van der Waals surface area contributed by atoms with Crippen LogP contribution < -0.4 is 5.56 Å². The molecule has 1 heterocycles. The summed E-state index contributed by atoms with van der Waals surface area (Å²) in [7, 11) is 0. The van der Waals surface area contributed by atoms with E-state index in [4.69, 9.17) is 0 Å². The predicted octanol–water partition coefficient (Wildman–Crippen LogP) is 2.72. The quantitative estimate of drug-likeness (QED) is 0.777. The van der Waals surface area contributed by atoms with Gasteiger partial charge < -0.3 is 0 Å². The number of aromatic nitrogens is 1. The Morgan fingerprint density at radius 1 is 1.00 bits per heavy atom. The van der Waals surface area contributed by atoms with Crippen LogP contribution >= 0.6 is 17.0 Å². The van der Waals surface area contributed by atoms with Crippen molar-refractivity contribution in [1.82, 2.24) is 4.57 Å². The molecule has 0 fully saturated rings. The highest BCUT2D eigenvalue weighted by molar-refractivity contribution is 8.93. The maximum Gasteiger partial charge on any atom is 0.255 e. The average Bonchev–Trinajstić information content (AvgIpc) is 2.23. The van der Waals surface area contributed by atoms with Gasteiger partial charge in [-0.05, 0) is 24.6 Å².